The van der Waals surface area contributed by atoms with Crippen LogP contribution in [0.2, 0.25) is 0 Å². The van der Waals surface area contributed by atoms with E-state index in [0.29, 0.717) is 5.39 Å². The Labute approximate surface area is 151 Å². The Bertz CT molecular complexity index is 1060. The van der Waals surface area contributed by atoms with Gasteiger partial charge in [0.25, 0.3) is 10.1 Å². The first-order valence-electron chi connectivity index (χ1n) is 7.69. The summed E-state index contributed by atoms with van der Waals surface area (Å²) in [6, 6.07) is 10.3. The maximum atomic E-state index is 13.0. The molecule has 1 heterocycles. The highest BCUT2D eigenvalue weighted by atomic mass is 32.2. The third kappa shape index (κ3) is 3.73. The quantitative estimate of drug-likeness (QED) is 0.746. The van der Waals surface area contributed by atoms with E-state index < -0.39 is 38.3 Å². The lowest BCUT2D eigenvalue weighted by Crippen LogP contribution is -2.40. The van der Waals surface area contributed by atoms with E-state index in [-0.39, 0.29) is 17.9 Å². The third-order valence-corrected chi connectivity index (χ3v) is 6.63. The Morgan fingerprint density at radius 3 is 2.38 bits per heavy atom. The Hall–Kier alpha value is -2.01. The van der Waals surface area contributed by atoms with E-state index in [1.54, 1.807) is 18.2 Å². The van der Waals surface area contributed by atoms with Gasteiger partial charge in [-0.3, -0.25) is 8.98 Å². The molecule has 1 aliphatic rings. The fourth-order valence-electron chi connectivity index (χ4n) is 3.04. The molecule has 1 aliphatic heterocycles. The van der Waals surface area contributed by atoms with Crippen molar-refractivity contribution in [1.29, 1.82) is 0 Å². The summed E-state index contributed by atoms with van der Waals surface area (Å²) < 4.78 is 54.1. The zero-order valence-corrected chi connectivity index (χ0v) is 15.4. The van der Waals surface area contributed by atoms with Crippen molar-refractivity contribution in [2.24, 2.45) is 0 Å². The van der Waals surface area contributed by atoms with E-state index in [9.17, 15) is 26.7 Å². The van der Waals surface area contributed by atoms with Crippen LogP contribution < -0.4 is 0 Å². The SMILES string of the molecule is CS(=O)(=O)OC1CC(C(=O)O)N(S(=O)(=O)c2ccc3ccccc3c2)C1. The first-order valence-corrected chi connectivity index (χ1v) is 11.0. The number of benzene rings is 2. The Kier molecular flexibility index (Phi) is 4.78. The number of hydrogen-bond acceptors (Lipinski definition) is 6. The van der Waals surface area contributed by atoms with Gasteiger partial charge in [-0.25, -0.2) is 8.42 Å². The van der Waals surface area contributed by atoms with Crippen LogP contribution in [-0.2, 0) is 29.1 Å². The molecule has 2 atom stereocenters. The molecule has 140 valence electrons. The minimum Gasteiger partial charge on any atom is -0.480 e. The second-order valence-corrected chi connectivity index (χ2v) is 9.59. The molecule has 0 amide bonds. The standard InChI is InChI=1S/C16H17NO7S2/c1-25(20,21)24-13-9-15(16(18)19)17(10-13)26(22,23)14-7-6-11-4-2-3-5-12(11)8-14/h2-8,13,15H,9-10H2,1H3,(H,18,19). The number of carboxylic acids is 1. The zero-order valence-electron chi connectivity index (χ0n) is 13.8. The van der Waals surface area contributed by atoms with E-state index in [4.69, 9.17) is 4.18 Å². The van der Waals surface area contributed by atoms with Crippen LogP contribution in [0, 0.1) is 0 Å². The van der Waals surface area contributed by atoms with Crippen molar-refractivity contribution >= 4 is 36.9 Å². The summed E-state index contributed by atoms with van der Waals surface area (Å²) >= 11 is 0. The van der Waals surface area contributed by atoms with Crippen molar-refractivity contribution in [3.63, 3.8) is 0 Å². The second kappa shape index (κ2) is 6.62. The van der Waals surface area contributed by atoms with Gasteiger partial charge in [-0.15, -0.1) is 0 Å². The van der Waals surface area contributed by atoms with Crippen LogP contribution in [0.5, 0.6) is 0 Å². The van der Waals surface area contributed by atoms with E-state index in [1.807, 2.05) is 12.1 Å². The third-order valence-electron chi connectivity index (χ3n) is 4.14. The average molecular weight is 399 g/mol. The van der Waals surface area contributed by atoms with Crippen LogP contribution in [0.25, 0.3) is 10.8 Å². The Morgan fingerprint density at radius 2 is 1.77 bits per heavy atom. The highest BCUT2D eigenvalue weighted by Crippen LogP contribution is 2.30. The molecule has 2 aromatic carbocycles. The van der Waals surface area contributed by atoms with Gasteiger partial charge in [-0.1, -0.05) is 30.3 Å². The lowest BCUT2D eigenvalue weighted by molar-refractivity contribution is -0.140. The van der Waals surface area contributed by atoms with Crippen LogP contribution in [0.15, 0.2) is 47.4 Å². The van der Waals surface area contributed by atoms with Crippen LogP contribution in [0.4, 0.5) is 0 Å². The van der Waals surface area contributed by atoms with Crippen molar-refractivity contribution in [2.45, 2.75) is 23.5 Å². The smallest absolute Gasteiger partial charge is 0.322 e. The molecule has 0 bridgehead atoms. The summed E-state index contributed by atoms with van der Waals surface area (Å²) in [7, 11) is -7.97. The predicted molar refractivity (Wildman–Crippen MR) is 93.6 cm³/mol. The van der Waals surface area contributed by atoms with Gasteiger partial charge < -0.3 is 5.11 Å². The highest BCUT2D eigenvalue weighted by Gasteiger charge is 2.45. The molecule has 0 aliphatic carbocycles. The molecule has 3 rings (SSSR count). The maximum Gasteiger partial charge on any atom is 0.322 e. The van der Waals surface area contributed by atoms with Crippen LogP contribution in [-0.4, -0.2) is 57.2 Å². The normalized spacial score (nSPS) is 21.9. The van der Waals surface area contributed by atoms with Gasteiger partial charge in [0, 0.05) is 13.0 Å². The van der Waals surface area contributed by atoms with E-state index in [1.165, 1.54) is 12.1 Å². The predicted octanol–water partition coefficient (Wildman–Crippen LogP) is 1.03. The van der Waals surface area contributed by atoms with Crippen LogP contribution in [0.3, 0.4) is 0 Å². The zero-order chi connectivity index (χ0) is 19.1. The highest BCUT2D eigenvalue weighted by molar-refractivity contribution is 7.89. The molecule has 8 nitrogen and oxygen atoms in total. The minimum absolute atomic E-state index is 0.0533. The molecule has 0 spiro atoms. The molecule has 1 N–H and O–H groups in total. The Balaban J connectivity index is 1.98. The summed E-state index contributed by atoms with van der Waals surface area (Å²) in [5.74, 6) is -1.35. The van der Waals surface area contributed by atoms with Gasteiger partial charge in [-0.2, -0.15) is 12.7 Å². The summed E-state index contributed by atoms with van der Waals surface area (Å²) in [5, 5.41) is 10.9. The molecular formula is C16H17NO7S2. The molecule has 26 heavy (non-hydrogen) atoms. The fourth-order valence-corrected chi connectivity index (χ4v) is 5.33. The van der Waals surface area contributed by atoms with Gasteiger partial charge in [0.1, 0.15) is 6.04 Å². The van der Waals surface area contributed by atoms with Gasteiger partial charge in [0.05, 0.1) is 17.3 Å². The van der Waals surface area contributed by atoms with Gasteiger partial charge in [0.2, 0.25) is 10.0 Å². The van der Waals surface area contributed by atoms with Crippen LogP contribution >= 0.6 is 0 Å². The van der Waals surface area contributed by atoms with E-state index in [2.05, 4.69) is 0 Å². The van der Waals surface area contributed by atoms with Gasteiger partial charge >= 0.3 is 5.97 Å². The second-order valence-electron chi connectivity index (χ2n) is 6.10. The molecule has 10 heteroatoms. The first kappa shape index (κ1) is 18.8. The summed E-state index contributed by atoms with van der Waals surface area (Å²) in [4.78, 5) is 11.4. The molecule has 0 saturated carbocycles. The van der Waals surface area contributed by atoms with Crippen molar-refractivity contribution in [3.8, 4) is 0 Å². The first-order chi connectivity index (χ1) is 12.1. The van der Waals surface area contributed by atoms with Crippen molar-refractivity contribution in [1.82, 2.24) is 4.31 Å². The molecule has 2 unspecified atom stereocenters. The molecule has 0 aromatic heterocycles. The van der Waals surface area contributed by atoms with Crippen LogP contribution in [0.1, 0.15) is 6.42 Å². The van der Waals surface area contributed by atoms with Crippen molar-refractivity contribution in [2.75, 3.05) is 12.8 Å². The largest absolute Gasteiger partial charge is 0.480 e. The van der Waals surface area contributed by atoms with Crippen molar-refractivity contribution in [3.05, 3.63) is 42.5 Å². The topological polar surface area (TPSA) is 118 Å². The van der Waals surface area contributed by atoms with Gasteiger partial charge in [0.15, 0.2) is 0 Å². The lowest BCUT2D eigenvalue weighted by atomic mass is 10.1. The number of carbonyl (C=O) groups is 1. The maximum absolute atomic E-state index is 13.0. The number of fused-ring (bicyclic) bond motifs is 1. The number of rotatable bonds is 5. The summed E-state index contributed by atoms with van der Waals surface area (Å²) in [6.45, 7) is -0.348. The summed E-state index contributed by atoms with van der Waals surface area (Å²) in [6.07, 6.45) is -0.445. The molecule has 2 aromatic rings. The molecule has 1 fully saturated rings. The number of hydrogen-bond donors (Lipinski definition) is 1. The number of carboxylic acid groups (broad SMARTS) is 1. The van der Waals surface area contributed by atoms with E-state index in [0.717, 1.165) is 15.9 Å². The van der Waals surface area contributed by atoms with Gasteiger partial charge in [-0.05, 0) is 22.9 Å². The molecule has 0 radical (unpaired) electrons. The molecular weight excluding hydrogens is 382 g/mol. The Morgan fingerprint density at radius 1 is 1.12 bits per heavy atom. The summed E-state index contributed by atoms with van der Waals surface area (Å²) in [5.41, 5.74) is 0. The van der Waals surface area contributed by atoms with E-state index >= 15 is 0 Å². The average Bonchev–Trinajstić information content (AvgIpc) is 2.97. The lowest BCUT2D eigenvalue weighted by Gasteiger charge is -2.21. The number of sulfonamides is 1. The minimum atomic E-state index is -4.14. The number of nitrogens with zero attached hydrogens (tertiary/aromatic N) is 1. The fraction of sp³-hybridized carbons (Fsp3) is 0.312. The van der Waals surface area contributed by atoms with Crippen molar-refractivity contribution < 1.29 is 30.9 Å². The molecule has 1 saturated heterocycles. The monoisotopic (exact) mass is 399 g/mol. The number of aliphatic carboxylic acids is 1.